The summed E-state index contributed by atoms with van der Waals surface area (Å²) in [5, 5.41) is 0. The lowest BCUT2D eigenvalue weighted by Gasteiger charge is -2.11. The SMILES string of the molecule is COc1cc(C=O)ccc1OCCCn1ccnc1. The third-order valence-electron chi connectivity index (χ3n) is 2.70. The summed E-state index contributed by atoms with van der Waals surface area (Å²) in [6.07, 6.45) is 7.10. The van der Waals surface area contributed by atoms with E-state index in [0.717, 1.165) is 19.3 Å². The van der Waals surface area contributed by atoms with Gasteiger partial charge in [-0.2, -0.15) is 0 Å². The number of carbonyl (C=O) groups is 1. The summed E-state index contributed by atoms with van der Waals surface area (Å²) in [5.74, 6) is 1.23. The van der Waals surface area contributed by atoms with E-state index >= 15 is 0 Å². The first-order valence-electron chi connectivity index (χ1n) is 6.05. The van der Waals surface area contributed by atoms with Crippen LogP contribution in [0.3, 0.4) is 0 Å². The minimum Gasteiger partial charge on any atom is -0.493 e. The Balaban J connectivity index is 1.86. The fraction of sp³-hybridized carbons (Fsp3) is 0.286. The van der Waals surface area contributed by atoms with Crippen molar-refractivity contribution < 1.29 is 14.3 Å². The Bertz CT molecular complexity index is 523. The van der Waals surface area contributed by atoms with Gasteiger partial charge in [0.15, 0.2) is 11.5 Å². The zero-order chi connectivity index (χ0) is 13.5. The van der Waals surface area contributed by atoms with Gasteiger partial charge in [-0.3, -0.25) is 4.79 Å². The van der Waals surface area contributed by atoms with E-state index in [1.54, 1.807) is 37.8 Å². The predicted molar refractivity (Wildman–Crippen MR) is 70.7 cm³/mol. The quantitative estimate of drug-likeness (QED) is 0.565. The number of hydrogen-bond acceptors (Lipinski definition) is 4. The van der Waals surface area contributed by atoms with Crippen LogP contribution >= 0.6 is 0 Å². The van der Waals surface area contributed by atoms with Gasteiger partial charge < -0.3 is 14.0 Å². The van der Waals surface area contributed by atoms with Crippen LogP contribution in [0.25, 0.3) is 0 Å². The van der Waals surface area contributed by atoms with Crippen molar-refractivity contribution in [3.8, 4) is 11.5 Å². The van der Waals surface area contributed by atoms with E-state index in [0.29, 0.717) is 23.7 Å². The lowest BCUT2D eigenvalue weighted by atomic mass is 10.2. The summed E-state index contributed by atoms with van der Waals surface area (Å²) in [6.45, 7) is 1.43. The average Bonchev–Trinajstić information content (AvgIpc) is 2.96. The van der Waals surface area contributed by atoms with Gasteiger partial charge in [-0.25, -0.2) is 4.98 Å². The van der Waals surface area contributed by atoms with Crippen molar-refractivity contribution >= 4 is 6.29 Å². The van der Waals surface area contributed by atoms with Crippen LogP contribution in [0.15, 0.2) is 36.9 Å². The van der Waals surface area contributed by atoms with Crippen molar-refractivity contribution in [2.75, 3.05) is 13.7 Å². The molecule has 1 aromatic heterocycles. The number of imidazole rings is 1. The van der Waals surface area contributed by atoms with E-state index in [4.69, 9.17) is 9.47 Å². The van der Waals surface area contributed by atoms with Crippen LogP contribution in [-0.4, -0.2) is 29.6 Å². The Morgan fingerprint density at radius 1 is 1.37 bits per heavy atom. The van der Waals surface area contributed by atoms with Gasteiger partial charge in [-0.15, -0.1) is 0 Å². The number of benzene rings is 1. The largest absolute Gasteiger partial charge is 0.493 e. The summed E-state index contributed by atoms with van der Waals surface area (Å²) in [7, 11) is 1.56. The van der Waals surface area contributed by atoms with Crippen LogP contribution in [0.4, 0.5) is 0 Å². The average molecular weight is 260 g/mol. The van der Waals surface area contributed by atoms with Gasteiger partial charge >= 0.3 is 0 Å². The highest BCUT2D eigenvalue weighted by molar-refractivity contribution is 5.76. The van der Waals surface area contributed by atoms with Crippen molar-refractivity contribution in [3.63, 3.8) is 0 Å². The molecule has 0 saturated carbocycles. The summed E-state index contributed by atoms with van der Waals surface area (Å²) >= 11 is 0. The van der Waals surface area contributed by atoms with E-state index in [2.05, 4.69) is 4.98 Å². The van der Waals surface area contributed by atoms with Crippen LogP contribution in [0, 0.1) is 0 Å². The summed E-state index contributed by atoms with van der Waals surface area (Å²) in [4.78, 5) is 14.6. The molecule has 0 spiro atoms. The molecular weight excluding hydrogens is 244 g/mol. The Kier molecular flexibility index (Phi) is 4.55. The van der Waals surface area contributed by atoms with Crippen molar-refractivity contribution in [1.29, 1.82) is 0 Å². The van der Waals surface area contributed by atoms with Crippen LogP contribution in [0.2, 0.25) is 0 Å². The number of ether oxygens (including phenoxy) is 2. The predicted octanol–water partition coefficient (Wildman–Crippen LogP) is 2.17. The molecule has 0 radical (unpaired) electrons. The highest BCUT2D eigenvalue weighted by Crippen LogP contribution is 2.27. The number of aldehydes is 1. The van der Waals surface area contributed by atoms with Crippen LogP contribution < -0.4 is 9.47 Å². The Labute approximate surface area is 111 Å². The molecule has 0 bridgehead atoms. The monoisotopic (exact) mass is 260 g/mol. The number of aryl methyl sites for hydroxylation is 1. The van der Waals surface area contributed by atoms with Crippen molar-refractivity contribution in [3.05, 3.63) is 42.5 Å². The zero-order valence-corrected chi connectivity index (χ0v) is 10.8. The standard InChI is InChI=1S/C14H16N2O3/c1-18-14-9-12(10-17)3-4-13(14)19-8-2-6-16-7-5-15-11-16/h3-5,7,9-11H,2,6,8H2,1H3. The minimum atomic E-state index is 0.572. The normalized spacial score (nSPS) is 10.2. The van der Waals surface area contributed by atoms with E-state index in [9.17, 15) is 4.79 Å². The summed E-state index contributed by atoms with van der Waals surface area (Å²) in [5.41, 5.74) is 0.572. The third-order valence-corrected chi connectivity index (χ3v) is 2.70. The molecule has 100 valence electrons. The molecule has 5 heteroatoms. The number of hydrogen-bond donors (Lipinski definition) is 0. The summed E-state index contributed by atoms with van der Waals surface area (Å²) < 4.78 is 12.8. The Morgan fingerprint density at radius 3 is 2.95 bits per heavy atom. The molecule has 1 aromatic carbocycles. The second kappa shape index (κ2) is 6.58. The van der Waals surface area contributed by atoms with Crippen LogP contribution in [-0.2, 0) is 6.54 Å². The van der Waals surface area contributed by atoms with Crippen molar-refractivity contribution in [2.45, 2.75) is 13.0 Å². The second-order valence-electron chi connectivity index (χ2n) is 4.03. The molecule has 2 rings (SSSR count). The van der Waals surface area contributed by atoms with Gasteiger partial charge in [-0.1, -0.05) is 0 Å². The molecule has 0 atom stereocenters. The van der Waals surface area contributed by atoms with Crippen LogP contribution in [0.5, 0.6) is 11.5 Å². The first-order valence-corrected chi connectivity index (χ1v) is 6.05. The van der Waals surface area contributed by atoms with E-state index in [-0.39, 0.29) is 0 Å². The number of rotatable bonds is 7. The molecule has 1 heterocycles. The first kappa shape index (κ1) is 13.1. The molecule has 0 fully saturated rings. The van der Waals surface area contributed by atoms with Gasteiger partial charge in [0.1, 0.15) is 6.29 Å². The second-order valence-corrected chi connectivity index (χ2v) is 4.03. The van der Waals surface area contributed by atoms with Gasteiger partial charge in [0.05, 0.1) is 20.0 Å². The number of nitrogens with zero attached hydrogens (tertiary/aromatic N) is 2. The molecule has 0 aliphatic rings. The fourth-order valence-electron chi connectivity index (χ4n) is 1.72. The minimum absolute atomic E-state index is 0.572. The van der Waals surface area contributed by atoms with E-state index in [1.807, 2.05) is 10.8 Å². The highest BCUT2D eigenvalue weighted by atomic mass is 16.5. The smallest absolute Gasteiger partial charge is 0.161 e. The lowest BCUT2D eigenvalue weighted by molar-refractivity contribution is 0.112. The molecule has 0 N–H and O–H groups in total. The molecular formula is C14H16N2O3. The van der Waals surface area contributed by atoms with Gasteiger partial charge in [0.25, 0.3) is 0 Å². The van der Waals surface area contributed by atoms with Gasteiger partial charge in [-0.05, 0) is 24.6 Å². The maximum atomic E-state index is 10.7. The zero-order valence-electron chi connectivity index (χ0n) is 10.8. The first-order chi connectivity index (χ1) is 9.33. The Hall–Kier alpha value is -2.30. The summed E-state index contributed by atoms with van der Waals surface area (Å²) in [6, 6.07) is 5.12. The van der Waals surface area contributed by atoms with E-state index < -0.39 is 0 Å². The van der Waals surface area contributed by atoms with Gasteiger partial charge in [0.2, 0.25) is 0 Å². The molecule has 0 aliphatic heterocycles. The molecule has 0 aliphatic carbocycles. The molecule has 19 heavy (non-hydrogen) atoms. The fourth-order valence-corrected chi connectivity index (χ4v) is 1.72. The number of methoxy groups -OCH3 is 1. The number of aromatic nitrogens is 2. The maximum absolute atomic E-state index is 10.7. The lowest BCUT2D eigenvalue weighted by Crippen LogP contribution is -2.04. The maximum Gasteiger partial charge on any atom is 0.161 e. The number of carbonyl (C=O) groups excluding carboxylic acids is 1. The molecule has 0 saturated heterocycles. The van der Waals surface area contributed by atoms with Crippen molar-refractivity contribution in [1.82, 2.24) is 9.55 Å². The van der Waals surface area contributed by atoms with Gasteiger partial charge in [0, 0.05) is 24.5 Å². The van der Waals surface area contributed by atoms with E-state index in [1.165, 1.54) is 0 Å². The third kappa shape index (κ3) is 3.58. The molecule has 0 unspecified atom stereocenters. The van der Waals surface area contributed by atoms with Crippen molar-refractivity contribution in [2.24, 2.45) is 0 Å². The Morgan fingerprint density at radius 2 is 2.26 bits per heavy atom. The van der Waals surface area contributed by atoms with Crippen LogP contribution in [0.1, 0.15) is 16.8 Å². The highest BCUT2D eigenvalue weighted by Gasteiger charge is 2.05. The molecule has 2 aromatic rings. The topological polar surface area (TPSA) is 53.4 Å². The molecule has 5 nitrogen and oxygen atoms in total. The molecule has 0 amide bonds.